The maximum absolute atomic E-state index is 12.6. The molecule has 0 radical (unpaired) electrons. The van der Waals surface area contributed by atoms with Crippen LogP contribution in [0.15, 0.2) is 59.1 Å². The van der Waals surface area contributed by atoms with Crippen molar-refractivity contribution < 1.29 is 14.1 Å². The van der Waals surface area contributed by atoms with Crippen molar-refractivity contribution in [3.05, 3.63) is 70.2 Å². The average molecular weight is 433 g/mol. The third-order valence-electron chi connectivity index (χ3n) is 5.10. The van der Waals surface area contributed by atoms with Crippen LogP contribution < -0.4 is 4.74 Å². The summed E-state index contributed by atoms with van der Waals surface area (Å²) in [7, 11) is 0. The van der Waals surface area contributed by atoms with Crippen LogP contribution in [0.4, 0.5) is 0 Å². The predicted octanol–water partition coefficient (Wildman–Crippen LogP) is 4.38. The average Bonchev–Trinajstić information content (AvgIpc) is 3.37. The smallest absolute Gasteiger partial charge is 0.266 e. The summed E-state index contributed by atoms with van der Waals surface area (Å²) in [4.78, 5) is 23.9. The number of benzene rings is 2. The highest BCUT2D eigenvalue weighted by atomic mass is 32.1. The predicted molar refractivity (Wildman–Crippen MR) is 117 cm³/mol. The number of hydrogen-bond donors (Lipinski definition) is 0. The second-order valence-corrected chi connectivity index (χ2v) is 8.61. The molecule has 7 nitrogen and oxygen atoms in total. The lowest BCUT2D eigenvalue weighted by atomic mass is 10.1. The first-order valence-corrected chi connectivity index (χ1v) is 10.8. The molecule has 156 valence electrons. The van der Waals surface area contributed by atoms with Crippen LogP contribution in [0.2, 0.25) is 0 Å². The van der Waals surface area contributed by atoms with E-state index in [1.165, 1.54) is 11.3 Å². The molecule has 1 amide bonds. The molecule has 1 fully saturated rings. The molecule has 1 aliphatic heterocycles. The van der Waals surface area contributed by atoms with Crippen LogP contribution in [-0.2, 0) is 0 Å². The zero-order chi connectivity index (χ0) is 21.4. The lowest BCUT2D eigenvalue weighted by molar-refractivity contribution is 0.0181. The van der Waals surface area contributed by atoms with Gasteiger partial charge in [-0.15, -0.1) is 11.3 Å². The minimum atomic E-state index is -0.0148. The lowest BCUT2D eigenvalue weighted by Gasteiger charge is -2.38. The monoisotopic (exact) mass is 432 g/mol. The van der Waals surface area contributed by atoms with Crippen LogP contribution in [0.1, 0.15) is 20.4 Å². The first-order chi connectivity index (χ1) is 15.1. The van der Waals surface area contributed by atoms with Gasteiger partial charge in [-0.25, -0.2) is 4.98 Å². The fraction of sp³-hybridized carbons (Fsp3) is 0.217. The van der Waals surface area contributed by atoms with Crippen LogP contribution in [0, 0.1) is 13.8 Å². The molecule has 0 bridgehead atoms. The summed E-state index contributed by atoms with van der Waals surface area (Å²) in [6.07, 6.45) is -0.0148. The summed E-state index contributed by atoms with van der Waals surface area (Å²) in [5.41, 5.74) is 2.53. The molecule has 31 heavy (non-hydrogen) atoms. The Bertz CT molecular complexity index is 1210. The van der Waals surface area contributed by atoms with Crippen molar-refractivity contribution in [3.63, 3.8) is 0 Å². The van der Waals surface area contributed by atoms with Gasteiger partial charge in [-0.3, -0.25) is 4.79 Å². The summed E-state index contributed by atoms with van der Waals surface area (Å²) in [5.74, 6) is 1.80. The molecule has 0 aliphatic carbocycles. The molecule has 0 spiro atoms. The first-order valence-electron chi connectivity index (χ1n) is 9.96. The van der Waals surface area contributed by atoms with Gasteiger partial charge in [0.2, 0.25) is 5.82 Å². The van der Waals surface area contributed by atoms with Crippen molar-refractivity contribution in [3.8, 4) is 28.6 Å². The van der Waals surface area contributed by atoms with Crippen LogP contribution in [-0.4, -0.2) is 45.1 Å². The van der Waals surface area contributed by atoms with E-state index in [0.29, 0.717) is 24.8 Å². The fourth-order valence-electron chi connectivity index (χ4n) is 3.47. The van der Waals surface area contributed by atoms with Gasteiger partial charge in [0.1, 0.15) is 16.7 Å². The summed E-state index contributed by atoms with van der Waals surface area (Å²) in [6.45, 7) is 4.93. The number of aromatic nitrogens is 3. The molecule has 0 N–H and O–H groups in total. The standard InChI is InChI=1S/C23H20N4O3S/c1-14-20(31-15(2)24-14)23(28)27-12-19(13-27)29-18-10-8-16(9-11-18)21-25-22(30-26-21)17-6-4-3-5-7-17/h3-11,19H,12-13H2,1-2H3. The lowest BCUT2D eigenvalue weighted by Crippen LogP contribution is -2.56. The number of ether oxygens (including phenoxy) is 1. The van der Waals surface area contributed by atoms with Gasteiger partial charge in [-0.05, 0) is 50.2 Å². The fourth-order valence-corrected chi connectivity index (χ4v) is 4.35. The number of nitrogens with zero attached hydrogens (tertiary/aromatic N) is 4. The molecule has 8 heteroatoms. The minimum Gasteiger partial charge on any atom is -0.487 e. The van der Waals surface area contributed by atoms with Crippen molar-refractivity contribution >= 4 is 17.2 Å². The first kappa shape index (κ1) is 19.4. The Morgan fingerprint density at radius 1 is 1.03 bits per heavy atom. The van der Waals surface area contributed by atoms with Gasteiger partial charge in [0.25, 0.3) is 11.8 Å². The Balaban J connectivity index is 1.19. The van der Waals surface area contributed by atoms with Crippen LogP contribution >= 0.6 is 11.3 Å². The quantitative estimate of drug-likeness (QED) is 0.466. The van der Waals surface area contributed by atoms with Crippen molar-refractivity contribution in [2.75, 3.05) is 13.1 Å². The Morgan fingerprint density at radius 3 is 2.45 bits per heavy atom. The second kappa shape index (κ2) is 7.96. The molecule has 0 unspecified atom stereocenters. The summed E-state index contributed by atoms with van der Waals surface area (Å²) >= 11 is 1.44. The molecule has 1 aliphatic rings. The Hall–Kier alpha value is -3.52. The Morgan fingerprint density at radius 2 is 1.77 bits per heavy atom. The summed E-state index contributed by atoms with van der Waals surface area (Å²) < 4.78 is 11.4. The number of thiazole rings is 1. The number of likely N-dealkylation sites (tertiary alicyclic amines) is 1. The molecular formula is C23H20N4O3S. The topological polar surface area (TPSA) is 81.4 Å². The highest BCUT2D eigenvalue weighted by molar-refractivity contribution is 7.13. The number of carbonyl (C=O) groups is 1. The minimum absolute atomic E-state index is 0.0148. The third-order valence-corrected chi connectivity index (χ3v) is 6.16. The van der Waals surface area contributed by atoms with Gasteiger partial charge in [0.15, 0.2) is 0 Å². The van der Waals surface area contributed by atoms with Crippen molar-refractivity contribution in [2.24, 2.45) is 0 Å². The largest absolute Gasteiger partial charge is 0.487 e. The number of amides is 1. The van der Waals surface area contributed by atoms with Crippen molar-refractivity contribution in [2.45, 2.75) is 20.0 Å². The third kappa shape index (κ3) is 3.94. The highest BCUT2D eigenvalue weighted by Crippen LogP contribution is 2.27. The molecule has 0 atom stereocenters. The molecule has 2 aromatic carbocycles. The Labute approximate surface area is 183 Å². The Kier molecular flexibility index (Phi) is 4.99. The highest BCUT2D eigenvalue weighted by Gasteiger charge is 2.34. The molecule has 2 aromatic heterocycles. The number of carbonyl (C=O) groups excluding carboxylic acids is 1. The van der Waals surface area contributed by atoms with E-state index >= 15 is 0 Å². The van der Waals surface area contributed by atoms with Gasteiger partial charge >= 0.3 is 0 Å². The normalized spacial score (nSPS) is 13.8. The van der Waals surface area contributed by atoms with Crippen LogP contribution in [0.25, 0.3) is 22.8 Å². The van der Waals surface area contributed by atoms with Gasteiger partial charge < -0.3 is 14.2 Å². The van der Waals surface area contributed by atoms with E-state index in [-0.39, 0.29) is 12.0 Å². The van der Waals surface area contributed by atoms with E-state index in [9.17, 15) is 4.79 Å². The van der Waals surface area contributed by atoms with Gasteiger partial charge in [0.05, 0.1) is 23.8 Å². The maximum Gasteiger partial charge on any atom is 0.266 e. The summed E-state index contributed by atoms with van der Waals surface area (Å²) in [5, 5.41) is 4.98. The maximum atomic E-state index is 12.6. The van der Waals surface area contributed by atoms with Crippen molar-refractivity contribution in [1.82, 2.24) is 20.0 Å². The molecule has 4 aromatic rings. The number of aryl methyl sites for hydroxylation is 2. The van der Waals surface area contributed by atoms with Crippen molar-refractivity contribution in [1.29, 1.82) is 0 Å². The number of hydrogen-bond acceptors (Lipinski definition) is 7. The molecular weight excluding hydrogens is 412 g/mol. The van der Waals surface area contributed by atoms with Crippen LogP contribution in [0.3, 0.4) is 0 Å². The molecule has 0 saturated carbocycles. The molecule has 5 rings (SSSR count). The van der Waals surface area contributed by atoms with E-state index in [1.807, 2.05) is 68.4 Å². The zero-order valence-corrected chi connectivity index (χ0v) is 17.9. The SMILES string of the molecule is Cc1nc(C)c(C(=O)N2CC(Oc3ccc(-c4noc(-c5ccccc5)n4)cc3)C2)s1. The van der Waals surface area contributed by atoms with E-state index in [1.54, 1.807) is 4.90 Å². The zero-order valence-electron chi connectivity index (χ0n) is 17.1. The molecule has 1 saturated heterocycles. The van der Waals surface area contributed by atoms with E-state index in [2.05, 4.69) is 15.1 Å². The molecule has 3 heterocycles. The second-order valence-electron chi connectivity index (χ2n) is 7.41. The summed E-state index contributed by atoms with van der Waals surface area (Å²) in [6, 6.07) is 17.2. The van der Waals surface area contributed by atoms with E-state index in [0.717, 1.165) is 32.5 Å². The van der Waals surface area contributed by atoms with Crippen LogP contribution in [0.5, 0.6) is 5.75 Å². The van der Waals surface area contributed by atoms with E-state index < -0.39 is 0 Å². The van der Waals surface area contributed by atoms with E-state index in [4.69, 9.17) is 9.26 Å². The van der Waals surface area contributed by atoms with Gasteiger partial charge in [-0.2, -0.15) is 4.98 Å². The van der Waals surface area contributed by atoms with Gasteiger partial charge in [-0.1, -0.05) is 23.4 Å². The number of rotatable bonds is 5. The van der Waals surface area contributed by atoms with Gasteiger partial charge in [0, 0.05) is 11.1 Å².